The molecule has 2 aliphatic heterocycles. The van der Waals surface area contributed by atoms with E-state index in [1.165, 1.54) is 22.8 Å². The van der Waals surface area contributed by atoms with Crippen LogP contribution in [-0.4, -0.2) is 150 Å². The maximum atomic E-state index is 12.3. The number of aliphatic hydroxyl groups excluding tert-OH is 6. The summed E-state index contributed by atoms with van der Waals surface area (Å²) in [7, 11) is 0.750. The number of halogens is 6. The standard InChI is InChI=1S/2C11H16F3NO6.CH3O.3Ac.Na/c2*1-2-3-20-9-6(15-10(19)11(12,13)14)8(18)7(17)5(4-16)21-9;1-2;;;;/h2*2,5-9,16-18H,1,3-4H2,(H,15,19);1H3;;;;/q;;-1;;;;+1. The van der Waals surface area contributed by atoms with Crippen LogP contribution in [0.15, 0.2) is 25.3 Å². The third kappa shape index (κ3) is 20.0. The molecule has 2 saturated heterocycles. The number of carbonyl (C=O) groups excluding carboxylic acids is 2. The summed E-state index contributed by atoms with van der Waals surface area (Å²) in [5.74, 6) is -4.62. The van der Waals surface area contributed by atoms with E-state index in [4.69, 9.17) is 34.3 Å². The molecule has 2 fully saturated rings. The molecule has 25 heteroatoms. The molecule has 8 N–H and O–H groups in total. The molecule has 10 atom stereocenters. The number of ether oxygens (including phenoxy) is 4. The van der Waals surface area contributed by atoms with E-state index in [1.54, 1.807) is 0 Å². The Bertz CT molecular complexity index is 851. The molecule has 48 heavy (non-hydrogen) atoms. The molecule has 0 bridgehead atoms. The molecule has 0 spiro atoms. The summed E-state index contributed by atoms with van der Waals surface area (Å²) in [6.07, 6.45) is -20.2. The van der Waals surface area contributed by atoms with Crippen LogP contribution in [0.2, 0.25) is 0 Å². The number of hydrogen-bond donors (Lipinski definition) is 8. The van der Waals surface area contributed by atoms with E-state index in [2.05, 4.69) is 13.2 Å². The fraction of sp³-hybridized carbons (Fsp3) is 0.739. The smallest absolute Gasteiger partial charge is 0.857 e. The molecule has 0 aromatic rings. The monoisotopic (exact) mass is 1370 g/mol. The molecule has 2 heterocycles. The van der Waals surface area contributed by atoms with Crippen molar-refractivity contribution < 1.29 is 252 Å². The average Bonchev–Trinajstić information content (AvgIpc) is 2.97. The Morgan fingerprint density at radius 3 is 1.19 bits per heavy atom. The largest absolute Gasteiger partial charge is 1.00 e. The van der Waals surface area contributed by atoms with Gasteiger partial charge >= 0.3 is 53.7 Å². The van der Waals surface area contributed by atoms with Crippen molar-refractivity contribution in [3.8, 4) is 0 Å². The third-order valence-corrected chi connectivity index (χ3v) is 5.63. The summed E-state index contributed by atoms with van der Waals surface area (Å²) < 4.78 is 93.6. The van der Waals surface area contributed by atoms with E-state index in [0.29, 0.717) is 0 Å². The minimum atomic E-state index is -5.17. The topological polar surface area (TPSA) is 240 Å². The van der Waals surface area contributed by atoms with Crippen molar-refractivity contribution in [2.75, 3.05) is 33.5 Å². The number of hydrogen-bond acceptors (Lipinski definition) is 13. The van der Waals surface area contributed by atoms with E-state index in [1.807, 2.05) is 0 Å². The predicted molar refractivity (Wildman–Crippen MR) is 130 cm³/mol. The third-order valence-electron chi connectivity index (χ3n) is 5.63. The summed E-state index contributed by atoms with van der Waals surface area (Å²) in [5, 5.41) is 68.1. The van der Waals surface area contributed by atoms with E-state index < -0.39 is 98.7 Å². The Hall–Kier alpha value is 2.88. The quantitative estimate of drug-likeness (QED) is 0.0578. The van der Waals surface area contributed by atoms with E-state index >= 15 is 0 Å². The fourth-order valence-corrected chi connectivity index (χ4v) is 3.55. The van der Waals surface area contributed by atoms with E-state index in [0.717, 1.165) is 7.11 Å². The second-order valence-corrected chi connectivity index (χ2v) is 8.65. The summed E-state index contributed by atoms with van der Waals surface area (Å²) in [6, 6.07) is -3.31. The van der Waals surface area contributed by atoms with Gasteiger partial charge in [0.05, 0.1) is 26.4 Å². The van der Waals surface area contributed by atoms with Gasteiger partial charge in [-0.3, -0.25) is 9.59 Å². The molecule has 0 aliphatic carbocycles. The van der Waals surface area contributed by atoms with Gasteiger partial charge in [-0.15, -0.1) is 13.2 Å². The van der Waals surface area contributed by atoms with Gasteiger partial charge in [0, 0.05) is 132 Å². The van der Waals surface area contributed by atoms with Crippen LogP contribution in [0.4, 0.5) is 26.3 Å². The van der Waals surface area contributed by atoms with Gasteiger partial charge in [-0.05, 0) is 0 Å². The fourth-order valence-electron chi connectivity index (χ4n) is 3.55. The second-order valence-electron chi connectivity index (χ2n) is 8.65. The first-order valence-corrected chi connectivity index (χ1v) is 12.3. The molecule has 0 aromatic heterocycles. The maximum Gasteiger partial charge on any atom is 1.00 e. The number of carbonyl (C=O) groups is 2. The Kier molecular flexibility index (Phi) is 37.8. The number of aliphatic hydroxyl groups is 6. The summed E-state index contributed by atoms with van der Waals surface area (Å²) in [4.78, 5) is 21.9. The normalized spacial score (nSPS) is 29.5. The summed E-state index contributed by atoms with van der Waals surface area (Å²) in [6.45, 7) is 5.02. The summed E-state index contributed by atoms with van der Waals surface area (Å²) in [5.41, 5.74) is 0. The molecule has 10 unspecified atom stereocenters. The number of amides is 2. The Morgan fingerprint density at radius 1 is 0.708 bits per heavy atom. The van der Waals surface area contributed by atoms with Crippen LogP contribution < -0.4 is 45.3 Å². The van der Waals surface area contributed by atoms with Gasteiger partial charge < -0.3 is 65.3 Å². The molecule has 3 radical (unpaired) electrons. The molecule has 0 aromatic carbocycles. The van der Waals surface area contributed by atoms with Crippen molar-refractivity contribution in [1.29, 1.82) is 0 Å². The zero-order valence-electron chi connectivity index (χ0n) is 25.7. The first-order valence-electron chi connectivity index (χ1n) is 12.3. The van der Waals surface area contributed by atoms with Crippen LogP contribution in [0.25, 0.3) is 0 Å². The van der Waals surface area contributed by atoms with Gasteiger partial charge in [-0.2, -0.15) is 33.5 Å². The van der Waals surface area contributed by atoms with Crippen LogP contribution in [-0.2, 0) is 28.5 Å². The molecule has 2 amide bonds. The van der Waals surface area contributed by atoms with Gasteiger partial charge in [0.1, 0.15) is 48.7 Å². The number of nitrogens with one attached hydrogen (secondary N) is 2. The van der Waals surface area contributed by atoms with Crippen LogP contribution >= 0.6 is 0 Å². The molecule has 2 aliphatic rings. The van der Waals surface area contributed by atoms with Gasteiger partial charge in [0.15, 0.2) is 12.6 Å². The maximum absolute atomic E-state index is 12.3. The first kappa shape index (κ1) is 60.1. The molecule has 15 nitrogen and oxygen atoms in total. The van der Waals surface area contributed by atoms with Crippen LogP contribution in [0.3, 0.4) is 0 Å². The zero-order valence-corrected chi connectivity index (χ0v) is 41.9. The first-order chi connectivity index (χ1) is 20.4. The van der Waals surface area contributed by atoms with Gasteiger partial charge in [0.25, 0.3) is 0 Å². The molecular weight excluding hydrogens is 1330 g/mol. The van der Waals surface area contributed by atoms with Crippen molar-refractivity contribution in [3.63, 3.8) is 0 Å². The molecular formula is C23H35Ac3F6N2NaO13. The van der Waals surface area contributed by atoms with Crippen LogP contribution in [0.1, 0.15) is 0 Å². The predicted octanol–water partition coefficient (Wildman–Crippen LogP) is -6.67. The van der Waals surface area contributed by atoms with Crippen molar-refractivity contribution in [3.05, 3.63) is 25.3 Å². The Morgan fingerprint density at radius 2 is 0.979 bits per heavy atom. The van der Waals surface area contributed by atoms with E-state index in [-0.39, 0.29) is 175 Å². The van der Waals surface area contributed by atoms with Crippen molar-refractivity contribution >= 4 is 11.8 Å². The second kappa shape index (κ2) is 30.1. The zero-order chi connectivity index (χ0) is 34.4. The van der Waals surface area contributed by atoms with Crippen molar-refractivity contribution in [2.24, 2.45) is 0 Å². The molecule has 0 saturated carbocycles. The summed E-state index contributed by atoms with van der Waals surface area (Å²) >= 11 is 0. The van der Waals surface area contributed by atoms with Crippen LogP contribution in [0.5, 0.6) is 0 Å². The SMILES string of the molecule is C=CCOC1OC(CO)C(O)C(O)C1NC(=O)C(F)(F)F.C=CCOC1OC(CO)C(O)C(O)C1NC(=O)C(F)(F)F.C[O-].[Ac].[Ac].[Ac].[Na+]. The van der Waals surface area contributed by atoms with Gasteiger partial charge in [-0.1, -0.05) is 12.2 Å². The number of rotatable bonds is 10. The number of alkyl halides is 6. The van der Waals surface area contributed by atoms with Gasteiger partial charge in [0.2, 0.25) is 0 Å². The Labute approximate surface area is 400 Å². The van der Waals surface area contributed by atoms with E-state index in [9.17, 15) is 56.4 Å². The van der Waals surface area contributed by atoms with Crippen molar-refractivity contribution in [1.82, 2.24) is 10.6 Å². The van der Waals surface area contributed by atoms with Crippen LogP contribution in [0, 0.1) is 132 Å². The Balaban J connectivity index is -0.000000226. The minimum absolute atomic E-state index is 0. The minimum Gasteiger partial charge on any atom is -0.857 e. The average molecular weight is 1370 g/mol. The molecule has 267 valence electrons. The van der Waals surface area contributed by atoms with Gasteiger partial charge in [-0.25, -0.2) is 0 Å². The van der Waals surface area contributed by atoms with Crippen molar-refractivity contribution in [2.45, 2.75) is 73.6 Å². The molecule has 2 rings (SSSR count).